The van der Waals surface area contributed by atoms with Crippen LogP contribution in [0.15, 0.2) is 0 Å². The van der Waals surface area contributed by atoms with Gasteiger partial charge in [0.05, 0.1) is 32.9 Å². The SMILES string of the molecule is CC(C)OC(=O)C[N+](C)(C)CCO[C@@H]1C[C@@H]2CC[C@]1(C)C2(C)C. The molecule has 0 unspecified atom stereocenters. The Morgan fingerprint density at radius 1 is 1.26 bits per heavy atom. The van der Waals surface area contributed by atoms with Gasteiger partial charge in [-0.2, -0.15) is 0 Å². The number of nitrogens with zero attached hydrogens (tertiary/aromatic N) is 1. The average Bonchev–Trinajstić information content (AvgIpc) is 2.69. The molecule has 4 nitrogen and oxygen atoms in total. The third-order valence-electron chi connectivity index (χ3n) is 6.65. The van der Waals surface area contributed by atoms with Crippen molar-refractivity contribution < 1.29 is 18.8 Å². The van der Waals surface area contributed by atoms with E-state index in [1.54, 1.807) is 0 Å². The van der Waals surface area contributed by atoms with E-state index in [0.29, 0.717) is 34.6 Å². The van der Waals surface area contributed by atoms with Crippen LogP contribution in [0.4, 0.5) is 0 Å². The molecule has 134 valence electrons. The predicted octanol–water partition coefficient (Wildman–Crippen LogP) is 3.25. The molecule has 2 fully saturated rings. The van der Waals surface area contributed by atoms with Crippen molar-refractivity contribution in [2.24, 2.45) is 16.7 Å². The Kier molecular flexibility index (Phi) is 5.18. The molecule has 0 radical (unpaired) electrons. The summed E-state index contributed by atoms with van der Waals surface area (Å²) in [6.07, 6.45) is 4.17. The van der Waals surface area contributed by atoms with E-state index in [1.165, 1.54) is 19.3 Å². The van der Waals surface area contributed by atoms with E-state index in [-0.39, 0.29) is 12.1 Å². The highest BCUT2D eigenvalue weighted by Crippen LogP contribution is 2.66. The molecular weight excluding hydrogens is 290 g/mol. The molecule has 3 atom stereocenters. The fourth-order valence-electron chi connectivity index (χ4n) is 4.55. The predicted molar refractivity (Wildman–Crippen MR) is 92.0 cm³/mol. The molecule has 4 heteroatoms. The van der Waals surface area contributed by atoms with Crippen LogP contribution in [0.5, 0.6) is 0 Å². The van der Waals surface area contributed by atoms with Crippen LogP contribution in [0, 0.1) is 16.7 Å². The Balaban J connectivity index is 1.80. The zero-order valence-electron chi connectivity index (χ0n) is 16.1. The maximum absolute atomic E-state index is 11.9. The van der Waals surface area contributed by atoms with Crippen LogP contribution in [0.25, 0.3) is 0 Å². The number of fused-ring (bicyclic) bond motifs is 2. The minimum absolute atomic E-state index is 0.0463. The van der Waals surface area contributed by atoms with Crippen molar-refractivity contribution in [3.63, 3.8) is 0 Å². The highest BCUT2D eigenvalue weighted by atomic mass is 16.5. The molecule has 0 aliphatic heterocycles. The first-order valence-electron chi connectivity index (χ1n) is 9.11. The number of hydrogen-bond acceptors (Lipinski definition) is 3. The average molecular weight is 327 g/mol. The van der Waals surface area contributed by atoms with Crippen molar-refractivity contribution in [2.75, 3.05) is 33.8 Å². The third-order valence-corrected chi connectivity index (χ3v) is 6.65. The van der Waals surface area contributed by atoms with Crippen molar-refractivity contribution >= 4 is 5.97 Å². The van der Waals surface area contributed by atoms with Crippen LogP contribution in [0.1, 0.15) is 53.9 Å². The third kappa shape index (κ3) is 3.74. The van der Waals surface area contributed by atoms with Crippen LogP contribution >= 0.6 is 0 Å². The number of esters is 1. The quantitative estimate of drug-likeness (QED) is 0.532. The second kappa shape index (κ2) is 6.36. The number of carbonyl (C=O) groups is 1. The van der Waals surface area contributed by atoms with Gasteiger partial charge in [-0.15, -0.1) is 0 Å². The van der Waals surface area contributed by atoms with E-state index >= 15 is 0 Å². The molecule has 2 bridgehead atoms. The van der Waals surface area contributed by atoms with Gasteiger partial charge in [-0.1, -0.05) is 20.8 Å². The summed E-state index contributed by atoms with van der Waals surface area (Å²) >= 11 is 0. The molecule has 0 aromatic carbocycles. The fourth-order valence-corrected chi connectivity index (χ4v) is 4.55. The molecule has 2 aliphatic carbocycles. The number of likely N-dealkylation sites (N-methyl/N-ethyl adjacent to an activating group) is 1. The lowest BCUT2D eigenvalue weighted by Gasteiger charge is -2.39. The summed E-state index contributed by atoms with van der Waals surface area (Å²) in [7, 11) is 4.13. The largest absolute Gasteiger partial charge is 0.459 e. The minimum Gasteiger partial charge on any atom is -0.459 e. The molecule has 0 aromatic heterocycles. The monoisotopic (exact) mass is 326 g/mol. The van der Waals surface area contributed by atoms with Gasteiger partial charge in [0.15, 0.2) is 6.54 Å². The first-order chi connectivity index (χ1) is 10.5. The molecule has 0 aromatic rings. The van der Waals surface area contributed by atoms with Crippen LogP contribution in [-0.2, 0) is 14.3 Å². The molecule has 0 N–H and O–H groups in total. The van der Waals surface area contributed by atoms with Gasteiger partial charge in [-0.05, 0) is 49.9 Å². The topological polar surface area (TPSA) is 35.5 Å². The number of rotatable bonds is 7. The van der Waals surface area contributed by atoms with Crippen molar-refractivity contribution in [1.82, 2.24) is 0 Å². The van der Waals surface area contributed by atoms with Gasteiger partial charge in [-0.25, -0.2) is 4.79 Å². The van der Waals surface area contributed by atoms with Crippen LogP contribution in [0.2, 0.25) is 0 Å². The summed E-state index contributed by atoms with van der Waals surface area (Å²) in [4.78, 5) is 11.9. The maximum Gasteiger partial charge on any atom is 0.362 e. The van der Waals surface area contributed by atoms with E-state index in [0.717, 1.165) is 12.5 Å². The number of quaternary nitrogens is 1. The summed E-state index contributed by atoms with van der Waals surface area (Å²) in [6, 6.07) is 0. The zero-order chi connectivity index (χ0) is 17.5. The van der Waals surface area contributed by atoms with Crippen molar-refractivity contribution in [2.45, 2.75) is 66.1 Å². The van der Waals surface area contributed by atoms with E-state index in [4.69, 9.17) is 9.47 Å². The number of hydrogen-bond donors (Lipinski definition) is 0. The molecule has 0 saturated heterocycles. The molecule has 0 heterocycles. The Hall–Kier alpha value is -0.610. The van der Waals surface area contributed by atoms with Gasteiger partial charge in [-0.3, -0.25) is 0 Å². The van der Waals surface area contributed by atoms with Gasteiger partial charge in [0.1, 0.15) is 6.54 Å². The van der Waals surface area contributed by atoms with Crippen LogP contribution in [-0.4, -0.2) is 56.5 Å². The molecule has 23 heavy (non-hydrogen) atoms. The first kappa shape index (κ1) is 18.7. The van der Waals surface area contributed by atoms with E-state index < -0.39 is 0 Å². The normalized spacial score (nSPS) is 32.5. The van der Waals surface area contributed by atoms with Crippen molar-refractivity contribution in [1.29, 1.82) is 0 Å². The van der Waals surface area contributed by atoms with E-state index in [2.05, 4.69) is 34.9 Å². The van der Waals surface area contributed by atoms with E-state index in [1.807, 2.05) is 13.8 Å². The Bertz CT molecular complexity index is 444. The molecule has 0 amide bonds. The van der Waals surface area contributed by atoms with Gasteiger partial charge in [0, 0.05) is 0 Å². The minimum atomic E-state index is -0.127. The van der Waals surface area contributed by atoms with Gasteiger partial charge in [0.2, 0.25) is 0 Å². The Morgan fingerprint density at radius 3 is 2.39 bits per heavy atom. The highest BCUT2D eigenvalue weighted by molar-refractivity contribution is 5.70. The molecule has 2 saturated carbocycles. The summed E-state index contributed by atoms with van der Waals surface area (Å²) in [5, 5.41) is 0. The van der Waals surface area contributed by atoms with Gasteiger partial charge in [0.25, 0.3) is 0 Å². The fraction of sp³-hybridized carbons (Fsp3) is 0.947. The molecule has 0 spiro atoms. The molecule has 2 aliphatic rings. The van der Waals surface area contributed by atoms with Crippen LogP contribution in [0.3, 0.4) is 0 Å². The summed E-state index contributed by atoms with van der Waals surface area (Å²) in [6.45, 7) is 13.0. The summed E-state index contributed by atoms with van der Waals surface area (Å²) < 4.78 is 12.2. The first-order valence-corrected chi connectivity index (χ1v) is 9.11. The summed E-state index contributed by atoms with van der Waals surface area (Å²) in [5.74, 6) is 0.680. The second-order valence-electron chi connectivity index (χ2n) is 9.33. The number of ether oxygens (including phenoxy) is 2. The zero-order valence-corrected chi connectivity index (χ0v) is 16.1. The van der Waals surface area contributed by atoms with E-state index in [9.17, 15) is 4.79 Å². The van der Waals surface area contributed by atoms with Crippen molar-refractivity contribution in [3.8, 4) is 0 Å². The number of carbonyl (C=O) groups excluding carboxylic acids is 1. The Morgan fingerprint density at radius 2 is 1.91 bits per heavy atom. The Labute approximate surface area is 142 Å². The lowest BCUT2D eigenvalue weighted by Crippen LogP contribution is -2.47. The molecule has 2 rings (SSSR count). The van der Waals surface area contributed by atoms with Gasteiger partial charge >= 0.3 is 5.97 Å². The lowest BCUT2D eigenvalue weighted by atomic mass is 9.70. The van der Waals surface area contributed by atoms with Crippen LogP contribution < -0.4 is 0 Å². The van der Waals surface area contributed by atoms with Crippen molar-refractivity contribution in [3.05, 3.63) is 0 Å². The highest BCUT2D eigenvalue weighted by Gasteiger charge is 2.61. The lowest BCUT2D eigenvalue weighted by molar-refractivity contribution is -0.883. The summed E-state index contributed by atoms with van der Waals surface area (Å²) in [5.41, 5.74) is 0.703. The standard InChI is InChI=1S/C19H36NO3/c1-14(2)23-17(21)13-20(6,7)10-11-22-16-12-15-8-9-19(16,5)18(15,3)4/h14-16H,8-13H2,1-7H3/q+1/t15-,16+,19-/m0/s1. The smallest absolute Gasteiger partial charge is 0.362 e. The van der Waals surface area contributed by atoms with Gasteiger partial charge < -0.3 is 14.0 Å². The molecular formula is C19H36NO3+. The second-order valence-corrected chi connectivity index (χ2v) is 9.33. The maximum atomic E-state index is 11.9.